The van der Waals surface area contributed by atoms with Gasteiger partial charge < -0.3 is 9.88 Å². The Bertz CT molecular complexity index is 921. The summed E-state index contributed by atoms with van der Waals surface area (Å²) in [6.45, 7) is 5.83. The van der Waals surface area contributed by atoms with Crippen LogP contribution in [0, 0.1) is 13.8 Å². The summed E-state index contributed by atoms with van der Waals surface area (Å²) >= 11 is 0. The lowest BCUT2D eigenvalue weighted by molar-refractivity contribution is 0.0957. The van der Waals surface area contributed by atoms with Crippen LogP contribution >= 0.6 is 0 Å². The second kappa shape index (κ2) is 5.27. The van der Waals surface area contributed by atoms with E-state index in [-0.39, 0.29) is 5.91 Å². The molecular weight excluding hydrogens is 284 g/mol. The zero-order valence-electron chi connectivity index (χ0n) is 13.5. The van der Waals surface area contributed by atoms with Gasteiger partial charge in [0.25, 0.3) is 5.91 Å². The van der Waals surface area contributed by atoms with Crippen LogP contribution in [0.3, 0.4) is 0 Å². The van der Waals surface area contributed by atoms with E-state index in [9.17, 15) is 4.79 Å². The normalized spacial score (nSPS) is 13.9. The second-order valence-corrected chi connectivity index (χ2v) is 6.42. The van der Waals surface area contributed by atoms with Crippen molar-refractivity contribution in [1.29, 1.82) is 0 Å². The highest BCUT2D eigenvalue weighted by atomic mass is 16.1. The molecule has 0 unspecified atom stereocenters. The molecule has 3 nitrogen and oxygen atoms in total. The third kappa shape index (κ3) is 2.33. The van der Waals surface area contributed by atoms with Gasteiger partial charge in [-0.2, -0.15) is 0 Å². The summed E-state index contributed by atoms with van der Waals surface area (Å²) in [5.41, 5.74) is 7.13. The van der Waals surface area contributed by atoms with Crippen LogP contribution in [0.1, 0.15) is 32.6 Å². The molecule has 0 aliphatic carbocycles. The molecule has 0 saturated carbocycles. The number of nitrogens with one attached hydrogen (secondary N) is 1. The van der Waals surface area contributed by atoms with Gasteiger partial charge in [-0.05, 0) is 49.1 Å². The molecule has 0 saturated heterocycles. The number of benzene rings is 2. The van der Waals surface area contributed by atoms with E-state index in [1.54, 1.807) is 0 Å². The third-order valence-corrected chi connectivity index (χ3v) is 4.75. The van der Waals surface area contributed by atoms with Gasteiger partial charge in [0.2, 0.25) is 0 Å². The van der Waals surface area contributed by atoms with Crippen LogP contribution in [0.4, 0.5) is 0 Å². The topological polar surface area (TPSA) is 34.0 Å². The largest absolute Gasteiger partial charge is 0.352 e. The molecule has 1 aliphatic heterocycles. The van der Waals surface area contributed by atoms with Crippen molar-refractivity contribution in [3.8, 4) is 0 Å². The van der Waals surface area contributed by atoms with E-state index in [2.05, 4.69) is 54.2 Å². The Labute approximate surface area is 135 Å². The van der Waals surface area contributed by atoms with Gasteiger partial charge in [0.15, 0.2) is 0 Å². The highest BCUT2D eigenvalue weighted by Crippen LogP contribution is 2.28. The van der Waals surface area contributed by atoms with Gasteiger partial charge >= 0.3 is 0 Å². The quantitative estimate of drug-likeness (QED) is 0.771. The Morgan fingerprint density at radius 1 is 1.17 bits per heavy atom. The Kier molecular flexibility index (Phi) is 3.22. The summed E-state index contributed by atoms with van der Waals surface area (Å²) in [6.07, 6.45) is 3.11. The van der Waals surface area contributed by atoms with E-state index in [0.29, 0.717) is 6.54 Å². The van der Waals surface area contributed by atoms with Crippen LogP contribution in [0.2, 0.25) is 0 Å². The van der Waals surface area contributed by atoms with E-state index in [0.717, 1.165) is 29.4 Å². The summed E-state index contributed by atoms with van der Waals surface area (Å²) < 4.78 is 2.29. The molecule has 0 radical (unpaired) electrons. The van der Waals surface area contributed by atoms with Crippen LogP contribution in [-0.2, 0) is 13.0 Å². The molecule has 0 bridgehead atoms. The molecule has 1 aliphatic rings. The van der Waals surface area contributed by atoms with Crippen LogP contribution in [0.25, 0.3) is 10.9 Å². The first-order valence-electron chi connectivity index (χ1n) is 8.08. The zero-order chi connectivity index (χ0) is 16.0. The summed E-state index contributed by atoms with van der Waals surface area (Å²) in [6, 6.07) is 12.6. The number of aryl methyl sites for hydroxylation is 2. The molecule has 3 heteroatoms. The maximum atomic E-state index is 12.2. The molecule has 23 heavy (non-hydrogen) atoms. The van der Waals surface area contributed by atoms with Crippen molar-refractivity contribution in [3.63, 3.8) is 0 Å². The molecule has 116 valence electrons. The first-order chi connectivity index (χ1) is 11.1. The predicted molar refractivity (Wildman–Crippen MR) is 93.0 cm³/mol. The van der Waals surface area contributed by atoms with Crippen molar-refractivity contribution in [2.45, 2.75) is 26.8 Å². The molecule has 3 aromatic rings. The molecule has 2 heterocycles. The zero-order valence-corrected chi connectivity index (χ0v) is 13.5. The lowest BCUT2D eigenvalue weighted by Gasteiger charge is -2.10. The Balaban J connectivity index is 1.87. The van der Waals surface area contributed by atoms with Crippen molar-refractivity contribution in [2.24, 2.45) is 0 Å². The fourth-order valence-electron chi connectivity index (χ4n) is 3.51. The minimum Gasteiger partial charge on any atom is -0.352 e. The van der Waals surface area contributed by atoms with E-state index in [4.69, 9.17) is 0 Å². The van der Waals surface area contributed by atoms with Crippen molar-refractivity contribution >= 4 is 16.8 Å². The molecule has 0 fully saturated rings. The van der Waals surface area contributed by atoms with Gasteiger partial charge in [-0.3, -0.25) is 4.79 Å². The first-order valence-corrected chi connectivity index (χ1v) is 8.08. The van der Waals surface area contributed by atoms with E-state index < -0.39 is 0 Å². The van der Waals surface area contributed by atoms with Crippen LogP contribution in [0.15, 0.2) is 42.6 Å². The number of rotatable bonds is 2. The minimum atomic E-state index is 0.0406. The summed E-state index contributed by atoms with van der Waals surface area (Å²) in [5, 5.41) is 4.09. The van der Waals surface area contributed by atoms with Gasteiger partial charge in [-0.25, -0.2) is 0 Å². The number of amides is 1. The van der Waals surface area contributed by atoms with Gasteiger partial charge in [0.05, 0.1) is 0 Å². The second-order valence-electron chi connectivity index (χ2n) is 6.42. The van der Waals surface area contributed by atoms with Gasteiger partial charge in [0, 0.05) is 35.8 Å². The van der Waals surface area contributed by atoms with E-state index in [1.165, 1.54) is 22.3 Å². The highest BCUT2D eigenvalue weighted by molar-refractivity contribution is 6.08. The summed E-state index contributed by atoms with van der Waals surface area (Å²) in [7, 11) is 0. The molecule has 2 aromatic carbocycles. The number of carbonyl (C=O) groups excluding carboxylic acids is 1. The molecule has 0 spiro atoms. The summed E-state index contributed by atoms with van der Waals surface area (Å²) in [5.74, 6) is 0.0406. The number of carbonyl (C=O) groups is 1. The van der Waals surface area contributed by atoms with Crippen LogP contribution < -0.4 is 5.32 Å². The maximum Gasteiger partial charge on any atom is 0.251 e. The van der Waals surface area contributed by atoms with Crippen molar-refractivity contribution in [1.82, 2.24) is 9.88 Å². The fraction of sp³-hybridized carbons (Fsp3) is 0.250. The Morgan fingerprint density at radius 3 is 2.91 bits per heavy atom. The number of nitrogens with zero attached hydrogens (tertiary/aromatic N) is 1. The smallest absolute Gasteiger partial charge is 0.251 e. The minimum absolute atomic E-state index is 0.0406. The predicted octanol–water partition coefficient (Wildman–Crippen LogP) is 3.59. The average Bonchev–Trinajstić information content (AvgIpc) is 2.80. The molecule has 0 atom stereocenters. The van der Waals surface area contributed by atoms with Crippen LogP contribution in [-0.4, -0.2) is 17.0 Å². The number of aromatic nitrogens is 1. The van der Waals surface area contributed by atoms with Crippen molar-refractivity contribution < 1.29 is 4.79 Å². The molecule has 1 N–H and O–H groups in total. The average molecular weight is 304 g/mol. The first kappa shape index (κ1) is 14.1. The van der Waals surface area contributed by atoms with Crippen molar-refractivity contribution in [2.75, 3.05) is 6.54 Å². The molecule has 1 amide bonds. The molecular formula is C20H20N2O. The standard InChI is InChI=1S/C20H20N2O/c1-13-6-7-14(2)16(10-13)12-22-11-15-8-9-21-20(23)17-4-3-5-18(22)19(15)17/h3-7,10-11H,8-9,12H2,1-2H3,(H,21,23). The summed E-state index contributed by atoms with van der Waals surface area (Å²) in [4.78, 5) is 12.2. The number of hydrogen-bond donors (Lipinski definition) is 1. The monoisotopic (exact) mass is 304 g/mol. The van der Waals surface area contributed by atoms with Crippen molar-refractivity contribution in [3.05, 3.63) is 70.4 Å². The van der Waals surface area contributed by atoms with Gasteiger partial charge in [0.1, 0.15) is 0 Å². The lowest BCUT2D eigenvalue weighted by Crippen LogP contribution is -2.23. The SMILES string of the molecule is Cc1ccc(C)c(Cn2cc3c4c(cccc42)C(=O)NCC3)c1. The fourth-order valence-corrected chi connectivity index (χ4v) is 3.51. The Hall–Kier alpha value is -2.55. The van der Waals surface area contributed by atoms with Gasteiger partial charge in [-0.15, -0.1) is 0 Å². The van der Waals surface area contributed by atoms with Crippen LogP contribution in [0.5, 0.6) is 0 Å². The van der Waals surface area contributed by atoms with E-state index in [1.807, 2.05) is 12.1 Å². The van der Waals surface area contributed by atoms with Gasteiger partial charge in [-0.1, -0.05) is 29.8 Å². The maximum absolute atomic E-state index is 12.2. The molecule has 1 aromatic heterocycles. The third-order valence-electron chi connectivity index (χ3n) is 4.75. The molecule has 4 rings (SSSR count). The Morgan fingerprint density at radius 2 is 2.04 bits per heavy atom. The number of hydrogen-bond acceptors (Lipinski definition) is 1. The highest BCUT2D eigenvalue weighted by Gasteiger charge is 2.19. The van der Waals surface area contributed by atoms with E-state index >= 15 is 0 Å². The lowest BCUT2D eigenvalue weighted by atomic mass is 10.0.